The summed E-state index contributed by atoms with van der Waals surface area (Å²) < 4.78 is 34.7. The number of aromatic nitrogens is 3. The van der Waals surface area contributed by atoms with Crippen LogP contribution in [-0.2, 0) is 24.8 Å². The first-order valence-electron chi connectivity index (χ1n) is 9.86. The molecule has 0 radical (unpaired) electrons. The quantitative estimate of drug-likeness (QED) is 0.419. The van der Waals surface area contributed by atoms with E-state index in [-0.39, 0.29) is 6.61 Å². The van der Waals surface area contributed by atoms with Gasteiger partial charge in [-0.1, -0.05) is 11.6 Å². The molecule has 0 amide bonds. The molecule has 11 nitrogen and oxygen atoms in total. The average molecular weight is 495 g/mol. The van der Waals surface area contributed by atoms with Crippen molar-refractivity contribution in [3.8, 4) is 0 Å². The molecule has 1 aliphatic carbocycles. The lowest BCUT2D eigenvalue weighted by Gasteiger charge is -2.21. The highest BCUT2D eigenvalue weighted by atomic mass is 35.5. The van der Waals surface area contributed by atoms with Gasteiger partial charge < -0.3 is 28.8 Å². The Labute approximate surface area is 184 Å². The number of aryl methyl sites for hydroxylation is 1. The monoisotopic (exact) mass is 494 g/mol. The first-order chi connectivity index (χ1) is 14.5. The van der Waals surface area contributed by atoms with Crippen LogP contribution in [0.4, 0.5) is 5.69 Å². The van der Waals surface area contributed by atoms with Crippen LogP contribution < -0.4 is 4.90 Å². The van der Waals surface area contributed by atoms with Gasteiger partial charge in [0.05, 0.1) is 30.3 Å². The molecule has 1 saturated heterocycles. The Morgan fingerprint density at radius 1 is 1.29 bits per heavy atom. The third-order valence-corrected chi connectivity index (χ3v) is 9.33. The Morgan fingerprint density at radius 2 is 2.00 bits per heavy atom. The molecule has 1 aliphatic heterocycles. The van der Waals surface area contributed by atoms with Crippen molar-refractivity contribution in [2.75, 3.05) is 37.6 Å². The topological polar surface area (TPSA) is 147 Å². The van der Waals surface area contributed by atoms with Crippen molar-refractivity contribution >= 4 is 38.1 Å². The molecule has 0 spiro atoms. The maximum Gasteiger partial charge on any atom is 0.340 e. The second kappa shape index (κ2) is 8.72. The second-order valence-electron chi connectivity index (χ2n) is 8.13. The molecule has 2 fully saturated rings. The van der Waals surface area contributed by atoms with Crippen molar-refractivity contribution in [3.63, 3.8) is 0 Å². The van der Waals surface area contributed by atoms with E-state index in [0.29, 0.717) is 18.0 Å². The van der Waals surface area contributed by atoms with Crippen molar-refractivity contribution in [3.05, 3.63) is 23.1 Å². The largest absolute Gasteiger partial charge is 0.379 e. The van der Waals surface area contributed by atoms with Gasteiger partial charge in [0.25, 0.3) is 0 Å². The van der Waals surface area contributed by atoms with Crippen LogP contribution in [0.15, 0.2) is 12.3 Å². The third kappa shape index (κ3) is 5.67. The summed E-state index contributed by atoms with van der Waals surface area (Å²) in [6.07, 6.45) is 3.34. The fourth-order valence-corrected chi connectivity index (χ4v) is 6.79. The number of anilines is 1. The zero-order valence-corrected chi connectivity index (χ0v) is 19.4. The number of imidazole rings is 1. The van der Waals surface area contributed by atoms with Crippen LogP contribution in [-0.4, -0.2) is 68.1 Å². The summed E-state index contributed by atoms with van der Waals surface area (Å²) >= 11 is 6.27. The van der Waals surface area contributed by atoms with Gasteiger partial charge in [-0.2, -0.15) is 5.10 Å². The number of hydrogen-bond acceptors (Lipinski definition) is 7. The van der Waals surface area contributed by atoms with Gasteiger partial charge in [0.2, 0.25) is 0 Å². The molecule has 14 heteroatoms. The fourth-order valence-electron chi connectivity index (χ4n) is 4.02. The summed E-state index contributed by atoms with van der Waals surface area (Å²) in [4.78, 5) is 34.2. The molecule has 3 unspecified atom stereocenters. The standard InChI is InChI=1S/C17H25ClN4O7P2/c1-28-14(9-29-31(26,27)10-30(23,24)25)3-2-13-6-19-17-15(5-16(18)20-22(13)17)21-7-11-4-12(11)8-21/h5-6,11-12,14H,2-4,7-10H2,1H3,(H,26,27)(H2,23,24,25)/t11?,12?,14-/m0/s1. The molecule has 2 aromatic heterocycles. The summed E-state index contributed by atoms with van der Waals surface area (Å²) in [7, 11) is -7.67. The van der Waals surface area contributed by atoms with Crippen LogP contribution in [0.2, 0.25) is 5.15 Å². The number of fused-ring (bicyclic) bond motifs is 2. The molecular formula is C17H25ClN4O7P2. The molecule has 4 atom stereocenters. The summed E-state index contributed by atoms with van der Waals surface area (Å²) in [5.74, 6) is 0.293. The van der Waals surface area contributed by atoms with Crippen LogP contribution in [0.3, 0.4) is 0 Å². The molecule has 3 heterocycles. The van der Waals surface area contributed by atoms with E-state index in [9.17, 15) is 14.0 Å². The van der Waals surface area contributed by atoms with Crippen molar-refractivity contribution in [1.29, 1.82) is 0 Å². The maximum atomic E-state index is 11.8. The van der Waals surface area contributed by atoms with Gasteiger partial charge in [-0.25, -0.2) is 9.50 Å². The molecule has 2 aromatic rings. The van der Waals surface area contributed by atoms with E-state index < -0.39 is 27.2 Å². The third-order valence-electron chi connectivity index (χ3n) is 5.69. The van der Waals surface area contributed by atoms with E-state index in [1.807, 2.05) is 6.07 Å². The number of ether oxygens (including phenoxy) is 1. The van der Waals surface area contributed by atoms with E-state index in [1.165, 1.54) is 13.5 Å². The van der Waals surface area contributed by atoms with Crippen LogP contribution in [0.25, 0.3) is 5.65 Å². The van der Waals surface area contributed by atoms with Gasteiger partial charge in [-0.05, 0) is 31.1 Å². The highest BCUT2D eigenvalue weighted by molar-refractivity contribution is 7.70. The van der Waals surface area contributed by atoms with Gasteiger partial charge in [0.1, 0.15) is 0 Å². The van der Waals surface area contributed by atoms with E-state index in [0.717, 1.165) is 42.0 Å². The molecule has 0 bridgehead atoms. The molecule has 2 aliphatic rings. The lowest BCUT2D eigenvalue weighted by atomic mass is 10.2. The number of halogens is 1. The van der Waals surface area contributed by atoms with Crippen molar-refractivity contribution in [2.24, 2.45) is 11.8 Å². The van der Waals surface area contributed by atoms with Crippen LogP contribution in [0, 0.1) is 11.8 Å². The molecule has 1 saturated carbocycles. The predicted octanol–water partition coefficient (Wildman–Crippen LogP) is 2.12. The molecule has 3 N–H and O–H groups in total. The fraction of sp³-hybridized carbons (Fsp3) is 0.647. The Morgan fingerprint density at radius 3 is 2.65 bits per heavy atom. The molecule has 4 rings (SSSR count). The number of nitrogens with zero attached hydrogens (tertiary/aromatic N) is 4. The summed E-state index contributed by atoms with van der Waals surface area (Å²) in [6, 6.07) is 1.84. The minimum absolute atomic E-state index is 0.281. The van der Waals surface area contributed by atoms with E-state index in [1.54, 1.807) is 10.7 Å². The minimum Gasteiger partial charge on any atom is -0.379 e. The normalized spacial score (nSPS) is 23.7. The zero-order valence-electron chi connectivity index (χ0n) is 16.9. The molecule has 31 heavy (non-hydrogen) atoms. The Hall–Kier alpha value is -1.03. The van der Waals surface area contributed by atoms with Gasteiger partial charge in [-0.3, -0.25) is 9.13 Å². The summed E-state index contributed by atoms with van der Waals surface area (Å²) in [5.41, 5.74) is 2.49. The van der Waals surface area contributed by atoms with E-state index in [4.69, 9.17) is 30.6 Å². The minimum atomic E-state index is -4.67. The lowest BCUT2D eigenvalue weighted by Crippen LogP contribution is -2.23. The Kier molecular flexibility index (Phi) is 6.51. The van der Waals surface area contributed by atoms with Gasteiger partial charge in [0, 0.05) is 26.3 Å². The average Bonchev–Trinajstić information content (AvgIpc) is 3.07. The number of rotatable bonds is 10. The SMILES string of the molecule is CO[C@@H](CCc1cnc2c(N3CC4CC4C3)cc(Cl)nn12)COP(=O)(O)CP(=O)(O)O. The van der Waals surface area contributed by atoms with Gasteiger partial charge in [0.15, 0.2) is 16.7 Å². The summed E-state index contributed by atoms with van der Waals surface area (Å²) in [5, 5.41) is 4.75. The van der Waals surface area contributed by atoms with Crippen molar-refractivity contribution in [1.82, 2.24) is 14.6 Å². The van der Waals surface area contributed by atoms with Crippen LogP contribution >= 0.6 is 26.8 Å². The van der Waals surface area contributed by atoms with Crippen LogP contribution in [0.5, 0.6) is 0 Å². The zero-order chi connectivity index (χ0) is 22.4. The predicted molar refractivity (Wildman–Crippen MR) is 114 cm³/mol. The highest BCUT2D eigenvalue weighted by Crippen LogP contribution is 2.55. The van der Waals surface area contributed by atoms with Crippen LogP contribution in [0.1, 0.15) is 18.5 Å². The Balaban J connectivity index is 1.41. The Bertz CT molecular complexity index is 1050. The molecule has 0 aromatic carbocycles. The summed E-state index contributed by atoms with van der Waals surface area (Å²) in [6.45, 7) is 1.72. The smallest absolute Gasteiger partial charge is 0.340 e. The first kappa shape index (κ1) is 23.1. The first-order valence-corrected chi connectivity index (χ1v) is 13.8. The van der Waals surface area contributed by atoms with E-state index in [2.05, 4.69) is 15.0 Å². The highest BCUT2D eigenvalue weighted by Gasteiger charge is 2.45. The maximum absolute atomic E-state index is 11.8. The number of methoxy groups -OCH3 is 1. The van der Waals surface area contributed by atoms with Crippen molar-refractivity contribution in [2.45, 2.75) is 25.4 Å². The van der Waals surface area contributed by atoms with Crippen molar-refractivity contribution < 1.29 is 33.1 Å². The van der Waals surface area contributed by atoms with Gasteiger partial charge >= 0.3 is 15.2 Å². The second-order valence-corrected chi connectivity index (χ2v) is 12.5. The number of hydrogen-bond donors (Lipinski definition) is 3. The number of piperidine rings is 1. The van der Waals surface area contributed by atoms with E-state index >= 15 is 0 Å². The lowest BCUT2D eigenvalue weighted by molar-refractivity contribution is 0.0483. The molecular weight excluding hydrogens is 470 g/mol. The van der Waals surface area contributed by atoms with Gasteiger partial charge in [-0.15, -0.1) is 0 Å². The molecule has 172 valence electrons.